The van der Waals surface area contributed by atoms with Crippen molar-refractivity contribution in [1.82, 2.24) is 0 Å². The first-order valence-electron chi connectivity index (χ1n) is 6.26. The highest BCUT2D eigenvalue weighted by Crippen LogP contribution is 2.40. The lowest BCUT2D eigenvalue weighted by Crippen LogP contribution is -2.31. The van der Waals surface area contributed by atoms with Crippen LogP contribution in [0, 0.1) is 0 Å². The van der Waals surface area contributed by atoms with Gasteiger partial charge in [0.1, 0.15) is 11.9 Å². The molecule has 0 saturated carbocycles. The molecule has 0 bridgehead atoms. The lowest BCUT2D eigenvalue weighted by Gasteiger charge is -2.19. The van der Waals surface area contributed by atoms with Crippen LogP contribution in [0.15, 0.2) is 48.5 Å². The number of hydrogen-bond acceptors (Lipinski definition) is 3. The van der Waals surface area contributed by atoms with Crippen LogP contribution in [-0.2, 0) is 0 Å². The van der Waals surface area contributed by atoms with Crippen molar-refractivity contribution in [3.8, 4) is 5.75 Å². The highest BCUT2D eigenvalue weighted by molar-refractivity contribution is 5.74. The minimum atomic E-state index is 0.214. The van der Waals surface area contributed by atoms with Crippen molar-refractivity contribution < 1.29 is 4.74 Å². The Morgan fingerprint density at radius 1 is 0.889 bits per heavy atom. The zero-order chi connectivity index (χ0) is 11.9. The van der Waals surface area contributed by atoms with Gasteiger partial charge in [-0.2, -0.15) is 0 Å². The van der Waals surface area contributed by atoms with E-state index in [-0.39, 0.29) is 6.17 Å². The maximum atomic E-state index is 5.74. The Balaban J connectivity index is 1.65. The molecule has 2 N–H and O–H groups in total. The van der Waals surface area contributed by atoms with Crippen molar-refractivity contribution in [2.45, 2.75) is 12.1 Å². The number of para-hydroxylation sites is 3. The first kappa shape index (κ1) is 9.83. The van der Waals surface area contributed by atoms with Gasteiger partial charge in [0, 0.05) is 5.56 Å². The highest BCUT2D eigenvalue weighted by Gasteiger charge is 2.34. The summed E-state index contributed by atoms with van der Waals surface area (Å²) in [6.45, 7) is 0.734. The number of rotatable bonds is 1. The molecule has 0 saturated heterocycles. The highest BCUT2D eigenvalue weighted by atomic mass is 16.5. The van der Waals surface area contributed by atoms with E-state index in [1.807, 2.05) is 12.1 Å². The largest absolute Gasteiger partial charge is 0.492 e. The van der Waals surface area contributed by atoms with Crippen molar-refractivity contribution >= 4 is 11.4 Å². The summed E-state index contributed by atoms with van der Waals surface area (Å²) in [5.41, 5.74) is 3.63. The van der Waals surface area contributed by atoms with Crippen LogP contribution in [0.25, 0.3) is 0 Å². The third-order valence-corrected chi connectivity index (χ3v) is 3.69. The van der Waals surface area contributed by atoms with Crippen molar-refractivity contribution in [1.29, 1.82) is 0 Å². The Labute approximate surface area is 106 Å². The van der Waals surface area contributed by atoms with Crippen LogP contribution >= 0.6 is 0 Å². The van der Waals surface area contributed by atoms with Crippen molar-refractivity contribution in [2.75, 3.05) is 17.2 Å². The maximum Gasteiger partial charge on any atom is 0.123 e. The molecule has 90 valence electrons. The minimum absolute atomic E-state index is 0.214. The fourth-order valence-electron chi connectivity index (χ4n) is 2.77. The van der Waals surface area contributed by atoms with Gasteiger partial charge >= 0.3 is 0 Å². The average Bonchev–Trinajstić information content (AvgIpc) is 3.02. The second-order valence-corrected chi connectivity index (χ2v) is 4.77. The molecular formula is C15H14N2O. The molecule has 2 aliphatic heterocycles. The van der Waals surface area contributed by atoms with E-state index in [0.29, 0.717) is 5.92 Å². The Morgan fingerprint density at radius 3 is 2.33 bits per heavy atom. The van der Waals surface area contributed by atoms with Gasteiger partial charge in [-0.1, -0.05) is 30.3 Å². The molecular weight excluding hydrogens is 224 g/mol. The van der Waals surface area contributed by atoms with E-state index in [0.717, 1.165) is 12.4 Å². The number of hydrogen-bond donors (Lipinski definition) is 2. The monoisotopic (exact) mass is 238 g/mol. The topological polar surface area (TPSA) is 33.3 Å². The molecule has 0 fully saturated rings. The van der Waals surface area contributed by atoms with Crippen LogP contribution in [0.3, 0.4) is 0 Å². The second kappa shape index (κ2) is 3.67. The molecule has 4 rings (SSSR count). The van der Waals surface area contributed by atoms with Crippen LogP contribution < -0.4 is 15.4 Å². The van der Waals surface area contributed by atoms with E-state index in [1.54, 1.807) is 0 Å². The molecule has 3 heteroatoms. The Bertz CT molecular complexity index is 572. The van der Waals surface area contributed by atoms with E-state index in [9.17, 15) is 0 Å². The molecule has 1 unspecified atom stereocenters. The first-order chi connectivity index (χ1) is 8.92. The fourth-order valence-corrected chi connectivity index (χ4v) is 2.77. The van der Waals surface area contributed by atoms with Gasteiger partial charge in [-0.05, 0) is 18.2 Å². The summed E-state index contributed by atoms with van der Waals surface area (Å²) in [7, 11) is 0. The fraction of sp³-hybridized carbons (Fsp3) is 0.200. The van der Waals surface area contributed by atoms with E-state index < -0.39 is 0 Å². The number of nitrogens with one attached hydrogen (secondary N) is 2. The first-order valence-corrected chi connectivity index (χ1v) is 6.26. The Hall–Kier alpha value is -2.16. The summed E-state index contributed by atoms with van der Waals surface area (Å²) in [6.07, 6.45) is 0.214. The molecule has 0 radical (unpaired) electrons. The SMILES string of the molecule is c1ccc2c(c1)NC(C1COc3ccccc31)N2. The Morgan fingerprint density at radius 2 is 1.56 bits per heavy atom. The predicted octanol–water partition coefficient (Wildman–Crippen LogP) is 3.03. The van der Waals surface area contributed by atoms with Gasteiger partial charge < -0.3 is 15.4 Å². The van der Waals surface area contributed by atoms with Gasteiger partial charge in [-0.3, -0.25) is 0 Å². The molecule has 0 aliphatic carbocycles. The molecule has 2 heterocycles. The summed E-state index contributed by atoms with van der Waals surface area (Å²) < 4.78 is 5.74. The van der Waals surface area contributed by atoms with Crippen LogP contribution in [0.5, 0.6) is 5.75 Å². The van der Waals surface area contributed by atoms with Gasteiger partial charge in [-0.15, -0.1) is 0 Å². The summed E-state index contributed by atoms with van der Waals surface area (Å²) in [4.78, 5) is 0. The molecule has 0 aromatic heterocycles. The van der Waals surface area contributed by atoms with Crippen LogP contribution in [-0.4, -0.2) is 12.8 Å². The minimum Gasteiger partial charge on any atom is -0.492 e. The molecule has 0 amide bonds. The van der Waals surface area contributed by atoms with Gasteiger partial charge in [0.2, 0.25) is 0 Å². The maximum absolute atomic E-state index is 5.74. The Kier molecular flexibility index (Phi) is 2.00. The molecule has 0 spiro atoms. The molecule has 2 aromatic rings. The quantitative estimate of drug-likeness (QED) is 0.801. The molecule has 1 atom stereocenters. The summed E-state index contributed by atoms with van der Waals surface area (Å²) in [5.74, 6) is 1.37. The molecule has 2 aliphatic rings. The lowest BCUT2D eigenvalue weighted by atomic mass is 9.98. The lowest BCUT2D eigenvalue weighted by molar-refractivity contribution is 0.324. The molecule has 18 heavy (non-hydrogen) atoms. The average molecular weight is 238 g/mol. The smallest absolute Gasteiger partial charge is 0.123 e. The standard InChI is InChI=1S/C15H14N2O/c1-4-8-14-10(5-1)11(9-18-14)15-16-12-6-2-3-7-13(12)17-15/h1-8,11,15-17H,9H2. The van der Waals surface area contributed by atoms with Gasteiger partial charge in [0.05, 0.1) is 23.9 Å². The summed E-state index contributed by atoms with van der Waals surface area (Å²) >= 11 is 0. The van der Waals surface area contributed by atoms with E-state index >= 15 is 0 Å². The van der Waals surface area contributed by atoms with Crippen molar-refractivity contribution in [3.63, 3.8) is 0 Å². The van der Waals surface area contributed by atoms with E-state index in [1.165, 1.54) is 16.9 Å². The third-order valence-electron chi connectivity index (χ3n) is 3.69. The van der Waals surface area contributed by atoms with Crippen LogP contribution in [0.2, 0.25) is 0 Å². The molecule has 2 aromatic carbocycles. The molecule has 3 nitrogen and oxygen atoms in total. The predicted molar refractivity (Wildman–Crippen MR) is 72.2 cm³/mol. The second-order valence-electron chi connectivity index (χ2n) is 4.77. The van der Waals surface area contributed by atoms with E-state index in [2.05, 4.69) is 47.0 Å². The van der Waals surface area contributed by atoms with E-state index in [4.69, 9.17) is 4.74 Å². The van der Waals surface area contributed by atoms with Crippen molar-refractivity contribution in [2.24, 2.45) is 0 Å². The summed E-state index contributed by atoms with van der Waals surface area (Å²) in [6, 6.07) is 16.6. The van der Waals surface area contributed by atoms with Gasteiger partial charge in [0.15, 0.2) is 0 Å². The van der Waals surface area contributed by atoms with Crippen LogP contribution in [0.1, 0.15) is 11.5 Å². The van der Waals surface area contributed by atoms with Crippen LogP contribution in [0.4, 0.5) is 11.4 Å². The summed E-state index contributed by atoms with van der Waals surface area (Å²) in [5, 5.41) is 7.05. The number of anilines is 2. The normalized spacial score (nSPS) is 20.6. The third kappa shape index (κ3) is 1.37. The van der Waals surface area contributed by atoms with Gasteiger partial charge in [-0.25, -0.2) is 0 Å². The number of benzene rings is 2. The number of ether oxygens (including phenoxy) is 1. The van der Waals surface area contributed by atoms with Gasteiger partial charge in [0.25, 0.3) is 0 Å². The van der Waals surface area contributed by atoms with Crippen molar-refractivity contribution in [3.05, 3.63) is 54.1 Å². The zero-order valence-corrected chi connectivity index (χ0v) is 9.89. The zero-order valence-electron chi connectivity index (χ0n) is 9.89. The number of fused-ring (bicyclic) bond motifs is 2.